The van der Waals surface area contributed by atoms with Crippen LogP contribution in [-0.2, 0) is 32.7 Å². The summed E-state index contributed by atoms with van der Waals surface area (Å²) in [5, 5.41) is 10.1. The molecule has 0 fully saturated rings. The van der Waals surface area contributed by atoms with Crippen LogP contribution in [0.4, 0.5) is 0 Å². The summed E-state index contributed by atoms with van der Waals surface area (Å²) in [6.45, 7) is 0. The molecule has 0 aliphatic heterocycles. The molecule has 49 valence electrons. The predicted octanol–water partition coefficient (Wildman–Crippen LogP) is 0.0476. The van der Waals surface area contributed by atoms with Crippen molar-refractivity contribution in [3.63, 3.8) is 0 Å². The van der Waals surface area contributed by atoms with E-state index >= 15 is 0 Å². The number of rotatable bonds is 1. The van der Waals surface area contributed by atoms with Crippen LogP contribution in [0.15, 0.2) is 30.3 Å². The van der Waals surface area contributed by atoms with Gasteiger partial charge in [-0.15, -0.1) is 0 Å². The Morgan fingerprint density at radius 2 is 1.70 bits per heavy atom. The third kappa shape index (κ3) is 2.59. The van der Waals surface area contributed by atoms with Gasteiger partial charge in [-0.05, 0) is 5.56 Å². The Balaban J connectivity index is 0.000000810. The molecule has 0 saturated carbocycles. The van der Waals surface area contributed by atoms with Crippen molar-refractivity contribution in [2.45, 2.75) is 0 Å². The van der Waals surface area contributed by atoms with Gasteiger partial charge in [-0.1, -0.05) is 30.3 Å². The Hall–Kier alpha value is -0.206. The Labute approximate surface area is 84.1 Å². The van der Waals surface area contributed by atoms with Gasteiger partial charge in [-0.2, -0.15) is 0 Å². The number of carboxylic acid groups (broad SMARTS) is 1. The van der Waals surface area contributed by atoms with E-state index in [4.69, 9.17) is 0 Å². The Morgan fingerprint density at radius 1 is 1.20 bits per heavy atom. The molecule has 0 atom stereocenters. The fraction of sp³-hybridized carbons (Fsp3) is 0. The zero-order valence-electron chi connectivity index (χ0n) is 5.28. The van der Waals surface area contributed by atoms with E-state index in [-0.39, 0.29) is 38.3 Å². The smallest absolute Gasteiger partial charge is 0.0715 e. The van der Waals surface area contributed by atoms with Crippen molar-refractivity contribution in [1.82, 2.24) is 0 Å². The number of aromatic carboxylic acids is 1. The van der Waals surface area contributed by atoms with Crippen molar-refractivity contribution in [2.75, 3.05) is 0 Å². The van der Waals surface area contributed by atoms with Gasteiger partial charge in [-0.25, -0.2) is 0 Å². The maximum atomic E-state index is 10.1. The van der Waals surface area contributed by atoms with Crippen molar-refractivity contribution in [1.29, 1.82) is 0 Å². The molecule has 0 spiro atoms. The van der Waals surface area contributed by atoms with Crippen LogP contribution in [0.1, 0.15) is 10.4 Å². The summed E-state index contributed by atoms with van der Waals surface area (Å²) >= 11 is 0. The second kappa shape index (κ2) is 4.58. The summed E-state index contributed by atoms with van der Waals surface area (Å²) in [4.78, 5) is 10.1. The molecule has 0 saturated heterocycles. The van der Waals surface area contributed by atoms with Gasteiger partial charge >= 0.3 is 0 Å². The van der Waals surface area contributed by atoms with Crippen molar-refractivity contribution in [3.05, 3.63) is 35.9 Å². The average Bonchev–Trinajstić information content (AvgIpc) is 1.90. The van der Waals surface area contributed by atoms with Crippen LogP contribution in [0, 0.1) is 0 Å². The van der Waals surface area contributed by atoms with Crippen molar-refractivity contribution in [2.24, 2.45) is 0 Å². The quantitative estimate of drug-likeness (QED) is 0.656. The molecule has 1 aromatic rings. The van der Waals surface area contributed by atoms with Crippen LogP contribution in [0.25, 0.3) is 0 Å². The SMILES string of the molecule is O=C([O-])c1ccccc1.[Y]. The van der Waals surface area contributed by atoms with Crippen LogP contribution in [0.2, 0.25) is 0 Å². The molecule has 0 bridgehead atoms. The van der Waals surface area contributed by atoms with E-state index in [0.29, 0.717) is 0 Å². The molecule has 0 amide bonds. The second-order valence-corrected chi connectivity index (χ2v) is 1.65. The molecule has 2 nitrogen and oxygen atoms in total. The third-order valence-corrected chi connectivity index (χ3v) is 1.01. The zero-order chi connectivity index (χ0) is 6.69. The normalized spacial score (nSPS) is 8.00. The summed E-state index contributed by atoms with van der Waals surface area (Å²) in [5.74, 6) is -1.13. The van der Waals surface area contributed by atoms with Crippen molar-refractivity contribution in [3.8, 4) is 0 Å². The largest absolute Gasteiger partial charge is 0.545 e. The van der Waals surface area contributed by atoms with E-state index < -0.39 is 5.97 Å². The van der Waals surface area contributed by atoms with E-state index in [0.717, 1.165) is 0 Å². The zero-order valence-corrected chi connectivity index (χ0v) is 8.12. The molecule has 0 aliphatic rings. The summed E-state index contributed by atoms with van der Waals surface area (Å²) in [5.41, 5.74) is 0.220. The minimum atomic E-state index is -1.13. The molecule has 0 aromatic heterocycles. The molecule has 0 aliphatic carbocycles. The molecular formula is C7H5O2Y-. The number of carbonyl (C=O) groups is 1. The van der Waals surface area contributed by atoms with Gasteiger partial charge in [0.25, 0.3) is 0 Å². The fourth-order valence-corrected chi connectivity index (χ4v) is 0.574. The first kappa shape index (κ1) is 9.79. The first-order valence-corrected chi connectivity index (χ1v) is 2.57. The van der Waals surface area contributed by atoms with Gasteiger partial charge in [0.15, 0.2) is 0 Å². The van der Waals surface area contributed by atoms with Crippen LogP contribution in [0.5, 0.6) is 0 Å². The van der Waals surface area contributed by atoms with Crippen LogP contribution >= 0.6 is 0 Å². The predicted molar refractivity (Wildman–Crippen MR) is 30.8 cm³/mol. The molecule has 0 N–H and O–H groups in total. The second-order valence-electron chi connectivity index (χ2n) is 1.65. The van der Waals surface area contributed by atoms with Crippen LogP contribution in [0.3, 0.4) is 0 Å². The monoisotopic (exact) mass is 210 g/mol. The van der Waals surface area contributed by atoms with Gasteiger partial charge in [0.1, 0.15) is 0 Å². The molecule has 1 aromatic carbocycles. The Bertz CT molecular complexity index is 208. The molecule has 10 heavy (non-hydrogen) atoms. The van der Waals surface area contributed by atoms with Gasteiger partial charge in [0.2, 0.25) is 0 Å². The Kier molecular flexibility index (Phi) is 4.49. The molecule has 1 rings (SSSR count). The van der Waals surface area contributed by atoms with Crippen molar-refractivity contribution < 1.29 is 42.6 Å². The molecule has 3 heteroatoms. The number of carbonyl (C=O) groups excluding carboxylic acids is 1. The van der Waals surface area contributed by atoms with E-state index in [2.05, 4.69) is 0 Å². The molecule has 0 heterocycles. The summed E-state index contributed by atoms with van der Waals surface area (Å²) in [6.07, 6.45) is 0. The summed E-state index contributed by atoms with van der Waals surface area (Å²) in [7, 11) is 0. The molecule has 0 unspecified atom stereocenters. The Morgan fingerprint density at radius 3 is 2.00 bits per heavy atom. The maximum Gasteiger partial charge on any atom is 0.0715 e. The van der Waals surface area contributed by atoms with Crippen LogP contribution in [-0.4, -0.2) is 5.97 Å². The van der Waals surface area contributed by atoms with E-state index in [1.807, 2.05) is 0 Å². The summed E-state index contributed by atoms with van der Waals surface area (Å²) in [6, 6.07) is 8.06. The fourth-order valence-electron chi connectivity index (χ4n) is 0.574. The van der Waals surface area contributed by atoms with E-state index in [9.17, 15) is 9.90 Å². The first-order chi connectivity index (χ1) is 4.30. The third-order valence-electron chi connectivity index (χ3n) is 1.01. The standard InChI is InChI=1S/C7H6O2.Y/c8-7(9)6-4-2-1-3-5-6;/h1-5H,(H,8,9);/p-1. The number of hydrogen-bond acceptors (Lipinski definition) is 2. The minimum Gasteiger partial charge on any atom is -0.545 e. The van der Waals surface area contributed by atoms with E-state index in [1.54, 1.807) is 18.2 Å². The van der Waals surface area contributed by atoms with Gasteiger partial charge in [0, 0.05) is 32.7 Å². The maximum absolute atomic E-state index is 10.1. The average molecular weight is 210 g/mol. The van der Waals surface area contributed by atoms with Gasteiger partial charge in [-0.3, -0.25) is 0 Å². The van der Waals surface area contributed by atoms with Gasteiger partial charge in [0.05, 0.1) is 5.97 Å². The minimum absolute atomic E-state index is 0. The first-order valence-electron chi connectivity index (χ1n) is 2.57. The molecular weight excluding hydrogens is 205 g/mol. The van der Waals surface area contributed by atoms with E-state index in [1.165, 1.54) is 12.1 Å². The number of hydrogen-bond donors (Lipinski definition) is 0. The molecule has 1 radical (unpaired) electrons. The number of benzene rings is 1. The summed E-state index contributed by atoms with van der Waals surface area (Å²) < 4.78 is 0. The van der Waals surface area contributed by atoms with Crippen LogP contribution < -0.4 is 5.11 Å². The number of carboxylic acids is 1. The topological polar surface area (TPSA) is 40.1 Å². The van der Waals surface area contributed by atoms with Crippen molar-refractivity contribution >= 4 is 5.97 Å². The van der Waals surface area contributed by atoms with Gasteiger partial charge < -0.3 is 9.90 Å².